The van der Waals surface area contributed by atoms with E-state index in [4.69, 9.17) is 9.40 Å². The number of furan rings is 1. The van der Waals surface area contributed by atoms with Gasteiger partial charge in [0.15, 0.2) is 0 Å². The van der Waals surface area contributed by atoms with Crippen LogP contribution in [0.4, 0.5) is 0 Å². The lowest BCUT2D eigenvalue weighted by Gasteiger charge is -2.09. The Labute approximate surface area is 252 Å². The molecule has 0 aliphatic heterocycles. The van der Waals surface area contributed by atoms with Crippen LogP contribution in [0.2, 0.25) is 0 Å². The van der Waals surface area contributed by atoms with Gasteiger partial charge in [-0.15, -0.1) is 0 Å². The van der Waals surface area contributed by atoms with Crippen molar-refractivity contribution in [2.75, 3.05) is 0 Å². The summed E-state index contributed by atoms with van der Waals surface area (Å²) < 4.78 is 8.79. The van der Waals surface area contributed by atoms with E-state index in [1.165, 1.54) is 54.2 Å². The highest BCUT2D eigenvalue weighted by atomic mass is 16.3. The normalized spacial score (nSPS) is 12.1. The van der Waals surface area contributed by atoms with Crippen LogP contribution in [0, 0.1) is 0 Å². The standard InChI is InChI=1S/C41H24N2O/c1-2-8-25(9-3-1)26-16-18-27(19-17-26)28-20-23-37(42-24-28)43-33-14-6-12-31-29-10-4-5-11-30(29)32-13-7-15-35-39(32)41-36(44-35)22-21-34(43)40(41)38(31)33/h1-24H. The molecule has 0 fully saturated rings. The minimum absolute atomic E-state index is 0.895. The summed E-state index contributed by atoms with van der Waals surface area (Å²) in [6.07, 6.45) is 1.99. The molecule has 0 N–H and O–H groups in total. The first kappa shape index (κ1) is 23.6. The smallest absolute Gasteiger partial charge is 0.137 e. The fraction of sp³-hybridized carbons (Fsp3) is 0. The van der Waals surface area contributed by atoms with Gasteiger partial charge < -0.3 is 4.42 Å². The molecule has 0 amide bonds. The van der Waals surface area contributed by atoms with E-state index in [-0.39, 0.29) is 0 Å². The third kappa shape index (κ3) is 3.18. The van der Waals surface area contributed by atoms with Crippen LogP contribution in [0.1, 0.15) is 0 Å². The highest BCUT2D eigenvalue weighted by molar-refractivity contribution is 6.38. The van der Waals surface area contributed by atoms with Gasteiger partial charge in [0.2, 0.25) is 0 Å². The lowest BCUT2D eigenvalue weighted by Crippen LogP contribution is -1.97. The number of fused-ring (bicyclic) bond motifs is 3. The summed E-state index contributed by atoms with van der Waals surface area (Å²) in [5, 5.41) is 9.70. The minimum atomic E-state index is 0.895. The van der Waals surface area contributed by atoms with E-state index in [9.17, 15) is 0 Å². The molecule has 3 nitrogen and oxygen atoms in total. The number of benzene rings is 6. The van der Waals surface area contributed by atoms with Crippen molar-refractivity contribution >= 4 is 65.3 Å². The van der Waals surface area contributed by atoms with Crippen molar-refractivity contribution in [2.45, 2.75) is 0 Å². The van der Waals surface area contributed by atoms with E-state index in [0.29, 0.717) is 0 Å². The molecular formula is C41H24N2O. The van der Waals surface area contributed by atoms with E-state index in [1.54, 1.807) is 0 Å². The van der Waals surface area contributed by atoms with Crippen LogP contribution < -0.4 is 0 Å². The highest BCUT2D eigenvalue weighted by Gasteiger charge is 2.22. The Morgan fingerprint density at radius 2 is 0.977 bits per heavy atom. The van der Waals surface area contributed by atoms with Crippen LogP contribution in [0.25, 0.3) is 93.4 Å². The number of nitrogens with zero attached hydrogens (tertiary/aromatic N) is 2. The Morgan fingerprint density at radius 1 is 0.386 bits per heavy atom. The van der Waals surface area contributed by atoms with Crippen molar-refractivity contribution in [1.29, 1.82) is 0 Å². The maximum atomic E-state index is 6.48. The zero-order chi connectivity index (χ0) is 28.8. The van der Waals surface area contributed by atoms with Gasteiger partial charge in [0.25, 0.3) is 0 Å². The number of hydrogen-bond donors (Lipinski definition) is 0. The zero-order valence-electron chi connectivity index (χ0n) is 23.7. The molecule has 0 saturated heterocycles. The molecule has 3 aromatic heterocycles. The second-order valence-corrected chi connectivity index (χ2v) is 11.5. The molecule has 10 aromatic rings. The number of pyridine rings is 1. The quantitative estimate of drug-likeness (QED) is 0.215. The van der Waals surface area contributed by atoms with Gasteiger partial charge in [-0.1, -0.05) is 103 Å². The molecule has 0 atom stereocenters. The maximum absolute atomic E-state index is 6.48. The summed E-state index contributed by atoms with van der Waals surface area (Å²) >= 11 is 0. The molecule has 3 heterocycles. The average Bonchev–Trinajstić information content (AvgIpc) is 3.64. The Balaban J connectivity index is 1.23. The van der Waals surface area contributed by atoms with Crippen molar-refractivity contribution in [3.8, 4) is 28.1 Å². The Bertz CT molecular complexity index is 2680. The molecule has 7 aromatic carbocycles. The first-order chi connectivity index (χ1) is 21.8. The van der Waals surface area contributed by atoms with Gasteiger partial charge in [-0.05, 0) is 74.6 Å². The van der Waals surface area contributed by atoms with Gasteiger partial charge in [-0.2, -0.15) is 0 Å². The fourth-order valence-corrected chi connectivity index (χ4v) is 7.28. The van der Waals surface area contributed by atoms with Gasteiger partial charge >= 0.3 is 0 Å². The van der Waals surface area contributed by atoms with Gasteiger partial charge in [0.05, 0.1) is 11.0 Å². The molecule has 0 unspecified atom stereocenters. The Morgan fingerprint density at radius 3 is 1.73 bits per heavy atom. The van der Waals surface area contributed by atoms with E-state index in [0.717, 1.165) is 39.1 Å². The van der Waals surface area contributed by atoms with Crippen LogP contribution in [-0.2, 0) is 0 Å². The molecule has 204 valence electrons. The molecule has 44 heavy (non-hydrogen) atoms. The highest BCUT2D eigenvalue weighted by Crippen LogP contribution is 2.46. The maximum Gasteiger partial charge on any atom is 0.137 e. The van der Waals surface area contributed by atoms with Gasteiger partial charge in [0.1, 0.15) is 17.0 Å². The third-order valence-corrected chi connectivity index (χ3v) is 9.23. The van der Waals surface area contributed by atoms with Crippen LogP contribution >= 0.6 is 0 Å². The Hall–Kier alpha value is -5.93. The number of aromatic nitrogens is 2. The van der Waals surface area contributed by atoms with Gasteiger partial charge in [-0.25, -0.2) is 4.98 Å². The van der Waals surface area contributed by atoms with Gasteiger partial charge in [0, 0.05) is 33.3 Å². The third-order valence-electron chi connectivity index (χ3n) is 9.23. The fourth-order valence-electron chi connectivity index (χ4n) is 7.28. The molecule has 10 rings (SSSR count). The lowest BCUT2D eigenvalue weighted by atomic mass is 9.95. The number of rotatable bonds is 3. The molecule has 0 radical (unpaired) electrons. The summed E-state index contributed by atoms with van der Waals surface area (Å²) in [6.45, 7) is 0. The molecular weight excluding hydrogens is 536 g/mol. The van der Waals surface area contributed by atoms with Crippen LogP contribution in [0.3, 0.4) is 0 Å². The summed E-state index contributed by atoms with van der Waals surface area (Å²) in [6, 6.07) is 49.6. The van der Waals surface area contributed by atoms with Crippen LogP contribution in [0.15, 0.2) is 150 Å². The predicted octanol–water partition coefficient (Wildman–Crippen LogP) is 11.2. The van der Waals surface area contributed by atoms with Crippen molar-refractivity contribution in [2.24, 2.45) is 0 Å². The van der Waals surface area contributed by atoms with E-state index in [1.807, 2.05) is 12.3 Å². The largest absolute Gasteiger partial charge is 0.456 e. The van der Waals surface area contributed by atoms with Crippen molar-refractivity contribution in [3.63, 3.8) is 0 Å². The minimum Gasteiger partial charge on any atom is -0.456 e. The summed E-state index contributed by atoms with van der Waals surface area (Å²) in [7, 11) is 0. The molecule has 0 aliphatic carbocycles. The molecule has 0 spiro atoms. The monoisotopic (exact) mass is 560 g/mol. The van der Waals surface area contributed by atoms with Gasteiger partial charge in [-0.3, -0.25) is 4.57 Å². The molecule has 3 heteroatoms. The van der Waals surface area contributed by atoms with E-state index < -0.39 is 0 Å². The molecule has 0 aliphatic rings. The van der Waals surface area contributed by atoms with Crippen molar-refractivity contribution in [3.05, 3.63) is 146 Å². The SMILES string of the molecule is c1ccc(-c2ccc(-c3ccc(-n4c5cccc6c7ccccc7c7cccc8oc9ccc4c(c9c87)c65)nc3)cc2)cc1. The number of hydrogen-bond acceptors (Lipinski definition) is 2. The zero-order valence-corrected chi connectivity index (χ0v) is 23.7. The summed E-state index contributed by atoms with van der Waals surface area (Å²) in [5.74, 6) is 0.895. The first-order valence-electron chi connectivity index (χ1n) is 15.0. The molecule has 0 bridgehead atoms. The second kappa shape index (κ2) is 8.79. The van der Waals surface area contributed by atoms with Crippen molar-refractivity contribution in [1.82, 2.24) is 9.55 Å². The van der Waals surface area contributed by atoms with Crippen LogP contribution in [-0.4, -0.2) is 9.55 Å². The average molecular weight is 561 g/mol. The summed E-state index contributed by atoms with van der Waals surface area (Å²) in [4.78, 5) is 5.06. The predicted molar refractivity (Wildman–Crippen MR) is 183 cm³/mol. The van der Waals surface area contributed by atoms with Crippen molar-refractivity contribution < 1.29 is 4.42 Å². The van der Waals surface area contributed by atoms with E-state index in [2.05, 4.69) is 138 Å². The van der Waals surface area contributed by atoms with E-state index >= 15 is 0 Å². The lowest BCUT2D eigenvalue weighted by molar-refractivity contribution is 0.669. The molecule has 0 saturated carbocycles. The van der Waals surface area contributed by atoms with Crippen LogP contribution in [0.5, 0.6) is 0 Å². The second-order valence-electron chi connectivity index (χ2n) is 11.5. The Kier molecular flexibility index (Phi) is 4.72. The first-order valence-corrected chi connectivity index (χ1v) is 15.0. The summed E-state index contributed by atoms with van der Waals surface area (Å²) in [5.41, 5.74) is 8.77. The topological polar surface area (TPSA) is 31.0 Å².